The number of rotatable bonds is 6. The van der Waals surface area contributed by atoms with Crippen LogP contribution in [0.5, 0.6) is 5.75 Å². The van der Waals surface area contributed by atoms with E-state index in [1.54, 1.807) is 0 Å². The van der Waals surface area contributed by atoms with Gasteiger partial charge in [-0.15, -0.1) is 0 Å². The molecule has 3 nitrogen and oxygen atoms in total. The van der Waals surface area contributed by atoms with E-state index in [4.69, 9.17) is 4.74 Å². The topological polar surface area (TPSA) is 46.5 Å². The average Bonchev–Trinajstić information content (AvgIpc) is 2.43. The SMILES string of the molecule is Cc1cc(C)cc(OCCC(C(=O)O)c2ccc(F)cc2)c1. The molecule has 1 unspecified atom stereocenters. The van der Waals surface area contributed by atoms with Crippen molar-refractivity contribution in [2.75, 3.05) is 6.61 Å². The Morgan fingerprint density at radius 2 is 1.73 bits per heavy atom. The van der Waals surface area contributed by atoms with E-state index in [1.165, 1.54) is 24.3 Å². The zero-order chi connectivity index (χ0) is 16.1. The summed E-state index contributed by atoms with van der Waals surface area (Å²) in [6, 6.07) is 11.4. The molecule has 0 bridgehead atoms. The van der Waals surface area contributed by atoms with Crippen LogP contribution in [0.3, 0.4) is 0 Å². The highest BCUT2D eigenvalue weighted by Gasteiger charge is 2.19. The van der Waals surface area contributed by atoms with Crippen LogP contribution in [0.4, 0.5) is 4.39 Å². The molecular formula is C18H19FO3. The van der Waals surface area contributed by atoms with Gasteiger partial charge in [-0.3, -0.25) is 4.79 Å². The molecule has 0 aliphatic rings. The second-order valence-corrected chi connectivity index (χ2v) is 5.40. The highest BCUT2D eigenvalue weighted by Crippen LogP contribution is 2.22. The summed E-state index contributed by atoms with van der Waals surface area (Å²) in [6.45, 7) is 4.26. The predicted octanol–water partition coefficient (Wildman–Crippen LogP) is 4.08. The zero-order valence-electron chi connectivity index (χ0n) is 12.7. The molecular weight excluding hydrogens is 283 g/mol. The van der Waals surface area contributed by atoms with Gasteiger partial charge in [0.2, 0.25) is 0 Å². The molecule has 1 N–H and O–H groups in total. The molecule has 22 heavy (non-hydrogen) atoms. The van der Waals surface area contributed by atoms with Crippen molar-refractivity contribution in [3.8, 4) is 5.75 Å². The Morgan fingerprint density at radius 3 is 2.27 bits per heavy atom. The first-order valence-corrected chi connectivity index (χ1v) is 7.15. The van der Waals surface area contributed by atoms with Crippen LogP contribution in [-0.4, -0.2) is 17.7 Å². The summed E-state index contributed by atoms with van der Waals surface area (Å²) in [5.41, 5.74) is 2.78. The van der Waals surface area contributed by atoms with E-state index in [0.29, 0.717) is 12.0 Å². The summed E-state index contributed by atoms with van der Waals surface area (Å²) in [5.74, 6) is -1.28. The lowest BCUT2D eigenvalue weighted by Gasteiger charge is -2.14. The molecule has 2 rings (SSSR count). The number of carboxylic acids is 1. The Kier molecular flexibility index (Phi) is 5.15. The number of halogens is 1. The molecule has 1 atom stereocenters. The zero-order valence-corrected chi connectivity index (χ0v) is 12.7. The van der Waals surface area contributed by atoms with Gasteiger partial charge >= 0.3 is 5.97 Å². The summed E-state index contributed by atoms with van der Waals surface area (Å²) in [4.78, 5) is 11.4. The fourth-order valence-corrected chi connectivity index (χ4v) is 2.44. The minimum absolute atomic E-state index is 0.289. The fraction of sp³-hybridized carbons (Fsp3) is 0.278. The van der Waals surface area contributed by atoms with Gasteiger partial charge in [-0.1, -0.05) is 18.2 Å². The molecule has 0 saturated carbocycles. The van der Waals surface area contributed by atoms with E-state index in [9.17, 15) is 14.3 Å². The van der Waals surface area contributed by atoms with Gasteiger partial charge in [-0.05, 0) is 61.2 Å². The Bertz CT molecular complexity index is 630. The molecule has 4 heteroatoms. The highest BCUT2D eigenvalue weighted by atomic mass is 19.1. The molecule has 0 aliphatic carbocycles. The summed E-state index contributed by atoms with van der Waals surface area (Å²) < 4.78 is 18.6. The second kappa shape index (κ2) is 7.07. The standard InChI is InChI=1S/C18H19FO3/c1-12-9-13(2)11-16(10-12)22-8-7-17(18(20)21)14-3-5-15(19)6-4-14/h3-6,9-11,17H,7-8H2,1-2H3,(H,20,21). The van der Waals surface area contributed by atoms with Crippen molar-refractivity contribution in [2.45, 2.75) is 26.2 Å². The number of carboxylic acid groups (broad SMARTS) is 1. The van der Waals surface area contributed by atoms with Crippen LogP contribution < -0.4 is 4.74 Å². The van der Waals surface area contributed by atoms with Crippen molar-refractivity contribution < 1.29 is 19.0 Å². The Hall–Kier alpha value is -2.36. The van der Waals surface area contributed by atoms with Crippen LogP contribution in [0.25, 0.3) is 0 Å². The number of hydrogen-bond donors (Lipinski definition) is 1. The van der Waals surface area contributed by atoms with E-state index < -0.39 is 11.9 Å². The molecule has 2 aromatic rings. The van der Waals surface area contributed by atoms with E-state index in [1.807, 2.05) is 32.0 Å². The largest absolute Gasteiger partial charge is 0.494 e. The molecule has 0 radical (unpaired) electrons. The number of benzene rings is 2. The van der Waals surface area contributed by atoms with Gasteiger partial charge in [0, 0.05) is 0 Å². The molecule has 0 aliphatic heterocycles. The normalized spacial score (nSPS) is 12.0. The van der Waals surface area contributed by atoms with Crippen LogP contribution in [0.15, 0.2) is 42.5 Å². The van der Waals surface area contributed by atoms with E-state index in [-0.39, 0.29) is 12.4 Å². The van der Waals surface area contributed by atoms with E-state index >= 15 is 0 Å². The molecule has 116 valence electrons. The van der Waals surface area contributed by atoms with Crippen LogP contribution in [0, 0.1) is 19.7 Å². The minimum atomic E-state index is -0.935. The minimum Gasteiger partial charge on any atom is -0.494 e. The number of ether oxygens (including phenoxy) is 1. The van der Waals surface area contributed by atoms with Crippen LogP contribution in [-0.2, 0) is 4.79 Å². The molecule has 0 spiro atoms. The molecule has 0 fully saturated rings. The third kappa shape index (κ3) is 4.32. The summed E-state index contributed by atoms with van der Waals surface area (Å²) in [5, 5.41) is 9.33. The first kappa shape index (κ1) is 16.0. The summed E-state index contributed by atoms with van der Waals surface area (Å²) in [6.07, 6.45) is 0.327. The molecule has 0 aromatic heterocycles. The highest BCUT2D eigenvalue weighted by molar-refractivity contribution is 5.76. The quantitative estimate of drug-likeness (QED) is 0.874. The van der Waals surface area contributed by atoms with E-state index in [2.05, 4.69) is 0 Å². The second-order valence-electron chi connectivity index (χ2n) is 5.40. The Labute approximate surface area is 129 Å². The molecule has 0 saturated heterocycles. The van der Waals surface area contributed by atoms with Gasteiger partial charge in [-0.2, -0.15) is 0 Å². The Balaban J connectivity index is 2.00. The van der Waals surface area contributed by atoms with Crippen molar-refractivity contribution in [2.24, 2.45) is 0 Å². The van der Waals surface area contributed by atoms with Crippen LogP contribution in [0.2, 0.25) is 0 Å². The number of aliphatic carboxylic acids is 1. The maximum atomic E-state index is 12.9. The van der Waals surface area contributed by atoms with Gasteiger partial charge < -0.3 is 9.84 Å². The fourth-order valence-electron chi connectivity index (χ4n) is 2.44. The van der Waals surface area contributed by atoms with Gasteiger partial charge in [0.15, 0.2) is 0 Å². The summed E-state index contributed by atoms with van der Waals surface area (Å²) in [7, 11) is 0. The lowest BCUT2D eigenvalue weighted by molar-refractivity contribution is -0.139. The van der Waals surface area contributed by atoms with Crippen molar-refractivity contribution in [3.63, 3.8) is 0 Å². The van der Waals surface area contributed by atoms with Crippen molar-refractivity contribution in [1.82, 2.24) is 0 Å². The van der Waals surface area contributed by atoms with Gasteiger partial charge in [0.25, 0.3) is 0 Å². The van der Waals surface area contributed by atoms with Crippen LogP contribution >= 0.6 is 0 Å². The first-order chi connectivity index (χ1) is 10.5. The Morgan fingerprint density at radius 1 is 1.14 bits per heavy atom. The van der Waals surface area contributed by atoms with Crippen LogP contribution in [0.1, 0.15) is 29.0 Å². The maximum absolute atomic E-state index is 12.9. The molecule has 2 aromatic carbocycles. The van der Waals surface area contributed by atoms with Gasteiger partial charge in [0.05, 0.1) is 12.5 Å². The lowest BCUT2D eigenvalue weighted by Crippen LogP contribution is -2.15. The number of carbonyl (C=O) groups is 1. The number of aryl methyl sites for hydroxylation is 2. The number of hydrogen-bond acceptors (Lipinski definition) is 2. The van der Waals surface area contributed by atoms with E-state index in [0.717, 1.165) is 16.9 Å². The van der Waals surface area contributed by atoms with Gasteiger partial charge in [0.1, 0.15) is 11.6 Å². The monoisotopic (exact) mass is 302 g/mol. The lowest BCUT2D eigenvalue weighted by atomic mass is 9.96. The smallest absolute Gasteiger partial charge is 0.311 e. The van der Waals surface area contributed by atoms with Crippen molar-refractivity contribution in [3.05, 3.63) is 65.0 Å². The first-order valence-electron chi connectivity index (χ1n) is 7.15. The third-order valence-corrected chi connectivity index (χ3v) is 3.44. The average molecular weight is 302 g/mol. The molecule has 0 heterocycles. The summed E-state index contributed by atoms with van der Waals surface area (Å²) >= 11 is 0. The van der Waals surface area contributed by atoms with Gasteiger partial charge in [-0.25, -0.2) is 4.39 Å². The van der Waals surface area contributed by atoms with Crippen molar-refractivity contribution >= 4 is 5.97 Å². The molecule has 0 amide bonds. The third-order valence-electron chi connectivity index (χ3n) is 3.44. The van der Waals surface area contributed by atoms with Crippen molar-refractivity contribution in [1.29, 1.82) is 0 Å². The maximum Gasteiger partial charge on any atom is 0.311 e. The predicted molar refractivity (Wildman–Crippen MR) is 82.8 cm³/mol.